The summed E-state index contributed by atoms with van der Waals surface area (Å²) in [5.41, 5.74) is 12.1. The van der Waals surface area contributed by atoms with Crippen molar-refractivity contribution in [1.82, 2.24) is 0 Å². The molecule has 2 fully saturated rings. The Balaban J connectivity index is 0. The molecule has 2 aromatic rings. The van der Waals surface area contributed by atoms with E-state index < -0.39 is 20.2 Å². The van der Waals surface area contributed by atoms with E-state index in [4.69, 9.17) is 26.0 Å². The number of nitrogens with two attached hydrogens (primary N) is 2. The van der Waals surface area contributed by atoms with Crippen molar-refractivity contribution in [3.63, 3.8) is 0 Å². The molecule has 49 heavy (non-hydrogen) atoms. The average molecular weight is 741 g/mol. The molecule has 282 valence electrons. The van der Waals surface area contributed by atoms with Crippen LogP contribution >= 0.6 is 0 Å². The van der Waals surface area contributed by atoms with E-state index in [1.54, 1.807) is 13.0 Å². The average Bonchev–Trinajstić information content (AvgIpc) is 3.63. The summed E-state index contributed by atoms with van der Waals surface area (Å²) in [5.74, 6) is 0.821. The van der Waals surface area contributed by atoms with Crippen molar-refractivity contribution < 1.29 is 63.0 Å². The lowest BCUT2D eigenvalue weighted by molar-refractivity contribution is -0.897. The van der Waals surface area contributed by atoms with Gasteiger partial charge in [-0.2, -0.15) is 0 Å². The maximum Gasteiger partial charge on any atom is 0.317 e. The summed E-state index contributed by atoms with van der Waals surface area (Å²) >= 11 is 0. The predicted molar refractivity (Wildman–Crippen MR) is 182 cm³/mol. The Labute approximate surface area is 295 Å². The van der Waals surface area contributed by atoms with Crippen LogP contribution in [0, 0.1) is 20.2 Å². The third-order valence-corrected chi connectivity index (χ3v) is 8.07. The summed E-state index contributed by atoms with van der Waals surface area (Å²) < 4.78 is 44.2. The molecule has 5 N–H and O–H groups in total. The first-order chi connectivity index (χ1) is 22.0. The predicted octanol–water partition coefficient (Wildman–Crippen LogP) is 0.324. The van der Waals surface area contributed by atoms with Gasteiger partial charge in [0, 0.05) is 44.0 Å². The van der Waals surface area contributed by atoms with Crippen LogP contribution in [0.4, 0.5) is 22.7 Å². The summed E-state index contributed by atoms with van der Waals surface area (Å²) in [5, 5.41) is 29.2. The molecule has 0 spiro atoms. The summed E-state index contributed by atoms with van der Waals surface area (Å²) in [4.78, 5) is 20.3. The Morgan fingerprint density at radius 3 is 1.61 bits per heavy atom. The number of anilines is 2. The van der Waals surface area contributed by atoms with Crippen LogP contribution in [0.3, 0.4) is 0 Å². The van der Waals surface area contributed by atoms with Crippen LogP contribution in [0.5, 0.6) is 11.5 Å². The second-order valence-electron chi connectivity index (χ2n) is 11.5. The van der Waals surface area contributed by atoms with Crippen molar-refractivity contribution in [2.24, 2.45) is 0 Å². The van der Waals surface area contributed by atoms with Crippen molar-refractivity contribution >= 4 is 33.1 Å². The summed E-state index contributed by atoms with van der Waals surface area (Å²) in [7, 11) is 0.830. The number of hydrogen-bond acceptors (Lipinski definition) is 13. The maximum atomic E-state index is 11.0. The number of likely N-dealkylation sites (N-methyl/N-ethyl adjacent to an activating group) is 2. The van der Waals surface area contributed by atoms with Gasteiger partial charge in [0.1, 0.15) is 32.1 Å². The quantitative estimate of drug-likeness (QED) is 0.0703. The van der Waals surface area contributed by atoms with E-state index in [1.807, 2.05) is 12.1 Å². The first kappa shape index (κ1) is 47.6. The molecule has 2 aromatic carbocycles. The van der Waals surface area contributed by atoms with Crippen LogP contribution in [-0.2, 0) is 14.6 Å². The van der Waals surface area contributed by atoms with E-state index in [9.17, 15) is 33.2 Å². The molecule has 0 bridgehead atoms. The molecule has 2 heterocycles. The van der Waals surface area contributed by atoms with Gasteiger partial charge in [0.15, 0.2) is 5.75 Å². The Kier molecular flexibility index (Phi) is 22.3. The largest absolute Gasteiger partial charge is 1.00 e. The second kappa shape index (κ2) is 23.0. The van der Waals surface area contributed by atoms with E-state index in [1.165, 1.54) is 50.9 Å². The van der Waals surface area contributed by atoms with Gasteiger partial charge in [0.05, 0.1) is 69.0 Å². The first-order valence-corrected chi connectivity index (χ1v) is 16.4. The third-order valence-electron chi connectivity index (χ3n) is 7.66. The van der Waals surface area contributed by atoms with Gasteiger partial charge >= 0.3 is 5.69 Å². The fourth-order valence-electron chi connectivity index (χ4n) is 4.98. The highest BCUT2D eigenvalue weighted by molar-refractivity contribution is 7.80. The molecule has 19 heteroatoms. The Morgan fingerprint density at radius 2 is 1.24 bits per heavy atom. The second-order valence-corrected chi connectivity index (χ2v) is 12.7. The smallest absolute Gasteiger partial charge is 0.317 e. The van der Waals surface area contributed by atoms with Crippen LogP contribution in [0.25, 0.3) is 0 Å². The van der Waals surface area contributed by atoms with E-state index in [2.05, 4.69) is 18.3 Å². The molecule has 0 aromatic heterocycles. The van der Waals surface area contributed by atoms with Crippen molar-refractivity contribution in [2.75, 3.05) is 91.8 Å². The number of nitro benzene ring substituents is 2. The number of aliphatic hydroxyl groups is 1. The number of hydrogen-bond donors (Lipinski definition) is 3. The summed E-state index contributed by atoms with van der Waals surface area (Å²) in [6.07, 6.45) is 5.05. The Morgan fingerprint density at radius 1 is 0.837 bits per heavy atom. The minimum Gasteiger partial charge on any atom is -1.00 e. The number of halogens is 1. The Bertz CT molecular complexity index is 1390. The van der Waals surface area contributed by atoms with Gasteiger partial charge in [-0.15, -0.1) is 0 Å². The number of rotatable bonds is 11. The zero-order valence-corrected chi connectivity index (χ0v) is 29.5. The fourth-order valence-corrected chi connectivity index (χ4v) is 4.98. The van der Waals surface area contributed by atoms with Crippen molar-refractivity contribution in [1.29, 1.82) is 0 Å². The zero-order chi connectivity index (χ0) is 35.7. The molecule has 0 unspecified atom stereocenters. The molecule has 2 saturated heterocycles. The van der Waals surface area contributed by atoms with Crippen LogP contribution in [0.2, 0.25) is 0 Å². The van der Waals surface area contributed by atoms with Gasteiger partial charge in [0.25, 0.3) is 5.69 Å². The number of likely N-dealkylation sites (tertiary alicyclic amines) is 2. The summed E-state index contributed by atoms with van der Waals surface area (Å²) in [6, 6.07) is 8.84. The molecule has 17 nitrogen and oxygen atoms in total. The number of nitrogen functional groups attached to an aromatic ring is 2. The molecule has 2 aliphatic heterocycles. The molecule has 0 atom stereocenters. The van der Waals surface area contributed by atoms with Crippen LogP contribution in [-0.4, -0.2) is 117 Å². The maximum absolute atomic E-state index is 11.0. The Hall–Kier alpha value is -3.52. The number of quaternary nitrogens is 2. The number of aliphatic hydroxyl groups excluding tert-OH is 1. The van der Waals surface area contributed by atoms with Crippen LogP contribution < -0.4 is 33.3 Å². The van der Waals surface area contributed by atoms with Gasteiger partial charge < -0.3 is 52.0 Å². The lowest BCUT2D eigenvalue weighted by atomic mass is 10.2. The normalized spacial score (nSPS) is 15.2. The van der Waals surface area contributed by atoms with Crippen molar-refractivity contribution in [2.45, 2.75) is 40.0 Å². The molecule has 0 amide bonds. The highest BCUT2D eigenvalue weighted by Gasteiger charge is 2.28. The lowest BCUT2D eigenvalue weighted by Gasteiger charge is -2.28. The van der Waals surface area contributed by atoms with Gasteiger partial charge in [-0.3, -0.25) is 24.4 Å². The molecule has 2 aliphatic rings. The molecular weight excluding hydrogens is 688 g/mol. The molecule has 4 rings (SSSR count). The summed E-state index contributed by atoms with van der Waals surface area (Å²) in [6.45, 7) is 9.52. The van der Waals surface area contributed by atoms with E-state index in [0.29, 0.717) is 24.6 Å². The van der Waals surface area contributed by atoms with E-state index >= 15 is 0 Å². The standard InChI is InChI=1S/C13H18N3O5.C13H22N3O.C2H6O.CH4O4S.CH4.ClH/c1-16(6-2-3-7-16)8-9-21-13-5-4-11(14(17)18)10-12(13)15(19)20;1-16(6-2-3-7-16)8-9-17-13-5-4-11(14)10-12(13)15;1-2-3;1-5-6(2,3)4;;/h4-5,10H,2-3,6-9H2,1H3;4-5,10H,2-3,6-9,14-15H2,1H3;3H,2H2,1H3;1H3,(H,2,3,4);1H4;1H/q2*+1;;;;/p-2. The first-order valence-electron chi connectivity index (χ1n) is 15.1. The number of ether oxygens (including phenoxy) is 2. The fraction of sp³-hybridized carbons (Fsp3) is 0.600. The molecular formula is C30H53ClN6O11S. The van der Waals surface area contributed by atoms with E-state index in [0.717, 1.165) is 54.1 Å². The highest BCUT2D eigenvalue weighted by Crippen LogP contribution is 2.31. The number of benzene rings is 2. The lowest BCUT2D eigenvalue weighted by Crippen LogP contribution is -3.00. The van der Waals surface area contributed by atoms with Crippen molar-refractivity contribution in [3.05, 3.63) is 56.6 Å². The van der Waals surface area contributed by atoms with Gasteiger partial charge in [-0.05, 0) is 31.2 Å². The number of non-ortho nitro benzene ring substituents is 1. The van der Waals surface area contributed by atoms with Gasteiger partial charge in [-0.1, -0.05) is 7.43 Å². The van der Waals surface area contributed by atoms with Crippen LogP contribution in [0.1, 0.15) is 40.0 Å². The monoisotopic (exact) mass is 740 g/mol. The third kappa shape index (κ3) is 18.7. The molecule has 0 saturated carbocycles. The minimum absolute atomic E-state index is 0. The molecule has 0 aliphatic carbocycles. The van der Waals surface area contributed by atoms with E-state index in [-0.39, 0.29) is 43.6 Å². The highest BCUT2D eigenvalue weighted by atomic mass is 35.5. The minimum atomic E-state index is -4.41. The van der Waals surface area contributed by atoms with Gasteiger partial charge in [-0.25, -0.2) is 8.42 Å². The SMILES string of the molecule is C.CCO.COS(=O)(=O)[O-].C[N+]1(CCOc2ccc(N)cc2N)CCCC1.C[N+]1(CCOc2ccc([N+](=O)[O-])cc2[N+](=O)[O-])CCCC1.[Cl-]. The van der Waals surface area contributed by atoms with Crippen molar-refractivity contribution in [3.8, 4) is 11.5 Å². The number of nitrogens with zero attached hydrogens (tertiary/aromatic N) is 4. The van der Waals surface area contributed by atoms with Crippen LogP contribution in [0.15, 0.2) is 36.4 Å². The van der Waals surface area contributed by atoms with Gasteiger partial charge in [0.2, 0.25) is 10.4 Å². The topological polar surface area (TPSA) is 243 Å². The molecule has 0 radical (unpaired) electrons. The zero-order valence-electron chi connectivity index (χ0n) is 27.9. The number of nitro groups is 2.